The van der Waals surface area contributed by atoms with Crippen LogP contribution in [0.3, 0.4) is 0 Å². The Morgan fingerprint density at radius 2 is 0.856 bits per heavy atom. The number of nitrogens with zero attached hydrogens (tertiary/aromatic N) is 3. The van der Waals surface area contributed by atoms with E-state index in [-0.39, 0.29) is 35.6 Å². The average molecular weight is 1510 g/mol. The summed E-state index contributed by atoms with van der Waals surface area (Å²) in [7, 11) is 0. The zero-order valence-electron chi connectivity index (χ0n) is 55.6. The molecule has 582 valence electrons. The normalized spacial score (nSPS) is 17.6. The van der Waals surface area contributed by atoms with Gasteiger partial charge in [-0.1, -0.05) is 0 Å². The summed E-state index contributed by atoms with van der Waals surface area (Å²) in [5, 5.41) is 205. The van der Waals surface area contributed by atoms with Gasteiger partial charge in [0.25, 0.3) is 11.5 Å². The Labute approximate surface area is 593 Å². The van der Waals surface area contributed by atoms with Gasteiger partial charge in [0.15, 0.2) is 11.2 Å². The van der Waals surface area contributed by atoms with Gasteiger partial charge >= 0.3 is 11.9 Å². The summed E-state index contributed by atoms with van der Waals surface area (Å²) in [6.45, 7) is -1.21. The molecule has 3 rings (SSSR count). The van der Waals surface area contributed by atoms with E-state index in [2.05, 4.69) is 59.1 Å². The number of hydrogen-bond acceptors (Lipinski definition) is 34. The van der Waals surface area contributed by atoms with E-state index in [1.54, 1.807) is 17.4 Å². The standard InChI is InChI=1S/C58H89N15O30S/c1-20(62-50(94)23-5-7-24(8-6-23)60-13-25-14-61-49-40(65-25)55(99)73-58(59)72-49)4-9-32(82)68-36(45(90)41(86)28(78)15-74)51(95)63-21(2)10-33(83)69-38(47(92)43(88)30(80)17-76)53(97)66-26(56(100)101)12-35(85)71-37(46(91)42(87)29(79)16-75)52(96)64-22(3)11-34(84)70-39(48(93)44(89)31(81)18-77)54(98)67-27(19-104)57(102)103/h5-8,14,20-22,26-31,36-39,41-48,60,74-81,86-93,104H,4,9-13,15-19H2,1-3H3,(H,62,94)(H,63,95)(H,64,96)(H,66,97)(H,67,98)(H,68,82)(H,69,83)(H,70,84)(H,71,85)(H,100,101)(H,102,103)(H3,59,61,72,73,99)/t20-,21-,22-,26+,27+,28-,29-,30-,31-,36+,37+,38+,39+,41-,42-,43?,44?,45-,46-,47-,48-/m1/s1. The van der Waals surface area contributed by atoms with Gasteiger partial charge in [-0.15, -0.1) is 0 Å². The van der Waals surface area contributed by atoms with E-state index in [4.69, 9.17) is 5.73 Å². The number of benzene rings is 1. The molecule has 46 heteroatoms. The summed E-state index contributed by atoms with van der Waals surface area (Å²) >= 11 is 3.78. The number of carbonyl (C=O) groups excluding carboxylic acids is 9. The second-order valence-electron chi connectivity index (χ2n) is 23.8. The second kappa shape index (κ2) is 42.6. The third kappa shape index (κ3) is 27.2. The summed E-state index contributed by atoms with van der Waals surface area (Å²) in [4.78, 5) is 172. The molecule has 1 aromatic carbocycles. The highest BCUT2D eigenvalue weighted by Gasteiger charge is 2.43. The lowest BCUT2D eigenvalue weighted by Crippen LogP contribution is -2.62. The number of aliphatic hydroxyl groups excluding tert-OH is 16. The number of nitrogen functional groups attached to an aromatic ring is 1. The molecule has 31 N–H and O–H groups in total. The van der Waals surface area contributed by atoms with Crippen molar-refractivity contribution in [1.82, 2.24) is 67.8 Å². The maximum Gasteiger partial charge on any atom is 0.327 e. The van der Waals surface area contributed by atoms with Crippen molar-refractivity contribution in [2.24, 2.45) is 0 Å². The summed E-state index contributed by atoms with van der Waals surface area (Å²) in [5.41, 5.74) is 6.05. The maximum absolute atomic E-state index is 13.9. The number of nitrogens with two attached hydrogens (primary N) is 1. The van der Waals surface area contributed by atoms with Crippen molar-refractivity contribution in [3.8, 4) is 0 Å². The molecule has 45 nitrogen and oxygen atoms in total. The van der Waals surface area contributed by atoms with Gasteiger partial charge in [0.05, 0.1) is 51.3 Å². The molecule has 0 aliphatic carbocycles. The van der Waals surface area contributed by atoms with Crippen LogP contribution in [0.15, 0.2) is 35.3 Å². The lowest BCUT2D eigenvalue weighted by molar-refractivity contribution is -0.147. The van der Waals surface area contributed by atoms with E-state index < -0.39 is 256 Å². The minimum Gasteiger partial charge on any atom is -0.480 e. The number of rotatable bonds is 45. The molecule has 3 aromatic rings. The van der Waals surface area contributed by atoms with Crippen molar-refractivity contribution < 1.29 is 145 Å². The number of fused-ring (bicyclic) bond motifs is 1. The van der Waals surface area contributed by atoms with Crippen LogP contribution in [0.25, 0.3) is 11.2 Å². The zero-order chi connectivity index (χ0) is 78.7. The summed E-state index contributed by atoms with van der Waals surface area (Å²) < 4.78 is 0. The lowest BCUT2D eigenvalue weighted by Gasteiger charge is -2.31. The van der Waals surface area contributed by atoms with Crippen LogP contribution < -0.4 is 64.5 Å². The number of carboxylic acids is 2. The van der Waals surface area contributed by atoms with E-state index in [0.29, 0.717) is 11.4 Å². The van der Waals surface area contributed by atoms with Crippen LogP contribution in [0.4, 0.5) is 11.6 Å². The molecule has 0 bridgehead atoms. The van der Waals surface area contributed by atoms with Gasteiger partial charge in [-0.05, 0) is 51.5 Å². The Kier molecular flexibility index (Phi) is 36.5. The van der Waals surface area contributed by atoms with E-state index in [9.17, 15) is 149 Å². The van der Waals surface area contributed by atoms with Crippen LogP contribution in [0.5, 0.6) is 0 Å². The molecule has 0 saturated carbocycles. The van der Waals surface area contributed by atoms with Crippen molar-refractivity contribution in [1.29, 1.82) is 0 Å². The summed E-state index contributed by atoms with van der Waals surface area (Å²) in [6.07, 6.45) is -31.5. The molecule has 0 radical (unpaired) electrons. The average Bonchev–Trinajstić information content (AvgIpc) is 0.821. The topological polar surface area (TPSA) is 770 Å². The third-order valence-corrected chi connectivity index (χ3v) is 15.7. The molecular formula is C58H89N15O30S. The molecular weight excluding hydrogens is 1420 g/mol. The number of anilines is 2. The lowest BCUT2D eigenvalue weighted by atomic mass is 9.98. The minimum atomic E-state index is -2.71. The number of H-pyrrole nitrogens is 1. The number of nitrogens with one attached hydrogen (secondary N) is 11. The van der Waals surface area contributed by atoms with Gasteiger partial charge in [0, 0.05) is 54.4 Å². The Morgan fingerprint density at radius 1 is 0.481 bits per heavy atom. The first-order chi connectivity index (χ1) is 48.7. The number of aliphatic hydroxyl groups is 16. The van der Waals surface area contributed by atoms with Gasteiger partial charge in [0.1, 0.15) is 109 Å². The second-order valence-corrected chi connectivity index (χ2v) is 24.2. The fourth-order valence-corrected chi connectivity index (χ4v) is 9.68. The van der Waals surface area contributed by atoms with E-state index in [1.165, 1.54) is 25.3 Å². The third-order valence-electron chi connectivity index (χ3n) is 15.3. The van der Waals surface area contributed by atoms with Crippen LogP contribution in [0, 0.1) is 0 Å². The molecule has 9 amide bonds. The summed E-state index contributed by atoms with van der Waals surface area (Å²) in [5.74, 6) is -16.6. The van der Waals surface area contributed by atoms with Crippen LogP contribution in [0.1, 0.15) is 68.9 Å². The molecule has 2 heterocycles. The molecule has 0 saturated heterocycles. The number of thiol groups is 1. The first-order valence-corrected chi connectivity index (χ1v) is 32.1. The number of aliphatic carboxylic acids is 2. The number of hydrogen-bond donors (Lipinski definition) is 31. The van der Waals surface area contributed by atoms with Gasteiger partial charge in [-0.25, -0.2) is 19.6 Å². The monoisotopic (exact) mass is 1510 g/mol. The Hall–Kier alpha value is -9.08. The van der Waals surface area contributed by atoms with Crippen molar-refractivity contribution in [3.63, 3.8) is 0 Å². The van der Waals surface area contributed by atoms with Gasteiger partial charge < -0.3 is 151 Å². The molecule has 0 spiro atoms. The molecule has 2 unspecified atom stereocenters. The van der Waals surface area contributed by atoms with Crippen molar-refractivity contribution in [2.75, 3.05) is 43.2 Å². The Balaban J connectivity index is 1.76. The summed E-state index contributed by atoms with van der Waals surface area (Å²) in [6, 6.07) is -11.6. The highest BCUT2D eigenvalue weighted by Crippen LogP contribution is 2.16. The zero-order valence-corrected chi connectivity index (χ0v) is 56.5. The van der Waals surface area contributed by atoms with Gasteiger partial charge in [-0.3, -0.25) is 52.9 Å². The number of amides is 9. The van der Waals surface area contributed by atoms with Crippen molar-refractivity contribution in [2.45, 2.75) is 187 Å². The molecule has 0 aliphatic rings. The van der Waals surface area contributed by atoms with Gasteiger partial charge in [0.2, 0.25) is 53.2 Å². The van der Waals surface area contributed by atoms with Gasteiger partial charge in [-0.2, -0.15) is 17.6 Å². The number of aromatic nitrogens is 4. The first-order valence-electron chi connectivity index (χ1n) is 31.5. The predicted octanol–water partition coefficient (Wildman–Crippen LogP) is -14.7. The molecule has 2 aromatic heterocycles. The quantitative estimate of drug-likeness (QED) is 0.0234. The Bertz CT molecular complexity index is 3460. The van der Waals surface area contributed by atoms with Crippen LogP contribution >= 0.6 is 12.6 Å². The number of carbonyl (C=O) groups is 11. The van der Waals surface area contributed by atoms with E-state index in [0.717, 1.165) is 13.8 Å². The van der Waals surface area contributed by atoms with E-state index >= 15 is 0 Å². The fraction of sp³-hybridized carbons (Fsp3) is 0.603. The van der Waals surface area contributed by atoms with Crippen LogP contribution in [0.2, 0.25) is 0 Å². The largest absolute Gasteiger partial charge is 0.480 e. The Morgan fingerprint density at radius 3 is 1.24 bits per heavy atom. The van der Waals surface area contributed by atoms with Crippen molar-refractivity contribution >= 4 is 101 Å². The minimum absolute atomic E-state index is 0.0373. The highest BCUT2D eigenvalue weighted by atomic mass is 32.1. The van der Waals surface area contributed by atoms with Crippen molar-refractivity contribution in [3.05, 3.63) is 52.1 Å². The molecule has 0 aliphatic heterocycles. The first kappa shape index (κ1) is 89.1. The maximum atomic E-state index is 13.9. The number of carboxylic acid groups (broad SMARTS) is 2. The number of aromatic amines is 1. The highest BCUT2D eigenvalue weighted by molar-refractivity contribution is 7.80. The molecule has 21 atom stereocenters. The predicted molar refractivity (Wildman–Crippen MR) is 352 cm³/mol. The molecule has 104 heavy (non-hydrogen) atoms. The molecule has 0 fully saturated rings. The van der Waals surface area contributed by atoms with Crippen LogP contribution in [-0.2, 0) is 54.5 Å². The van der Waals surface area contributed by atoms with Crippen LogP contribution in [-0.4, -0.2) is 337 Å². The fourth-order valence-electron chi connectivity index (χ4n) is 9.43. The van der Waals surface area contributed by atoms with E-state index in [1.807, 2.05) is 21.3 Å². The SMILES string of the molecule is C[C@H](CCC(=O)N[C@H](C(=O)N[C@H](C)CC(=O)N[C@H](C(=O)N[C@@H](CC(=O)N[C@H](C(=O)N[C@H](C)CC(=O)N[C@H](C(=O)N[C@@H](CS)C(=O)O)[C@@H](O)C(O)[C@H](O)CO)[C@@H](O)[C@H](O)[C@H](O)CO)C(=O)O)[C@@H](O)C(O)[C@H](O)CO)[C@@H](O)[C@H](O)[C@H](O)CO)NC(=O)c1ccc(NCc2cnc3nc(N)[nH]c(=O)c3n2)cc1. The smallest absolute Gasteiger partial charge is 0.327 e.